The van der Waals surface area contributed by atoms with E-state index in [0.29, 0.717) is 43.4 Å². The van der Waals surface area contributed by atoms with Gasteiger partial charge in [0.15, 0.2) is 0 Å². The van der Waals surface area contributed by atoms with E-state index in [0.717, 1.165) is 28.5 Å². The summed E-state index contributed by atoms with van der Waals surface area (Å²) in [6.45, 7) is 7.49. The Labute approximate surface area is 169 Å². The van der Waals surface area contributed by atoms with Crippen LogP contribution in [-0.2, 0) is 14.8 Å². The van der Waals surface area contributed by atoms with Gasteiger partial charge in [-0.05, 0) is 68.9 Å². The highest BCUT2D eigenvalue weighted by molar-refractivity contribution is 7.89. The number of aryl methyl sites for hydroxylation is 3. The van der Waals surface area contributed by atoms with Gasteiger partial charge in [0, 0.05) is 32.6 Å². The molecule has 3 unspecified atom stereocenters. The maximum absolute atomic E-state index is 13.2. The summed E-state index contributed by atoms with van der Waals surface area (Å²) in [6, 6.07) is 3.85. The first-order chi connectivity index (χ1) is 13.3. The highest BCUT2D eigenvalue weighted by Gasteiger charge is 2.41. The first-order valence-corrected chi connectivity index (χ1v) is 12.1. The van der Waals surface area contributed by atoms with Gasteiger partial charge < -0.3 is 4.90 Å². The molecule has 1 aliphatic heterocycles. The molecule has 154 valence electrons. The van der Waals surface area contributed by atoms with Crippen LogP contribution in [0.4, 0.5) is 0 Å². The van der Waals surface area contributed by atoms with Crippen LogP contribution in [0.3, 0.4) is 0 Å². The summed E-state index contributed by atoms with van der Waals surface area (Å²) in [4.78, 5) is 15.1. The second-order valence-corrected chi connectivity index (χ2v) is 11.0. The van der Waals surface area contributed by atoms with Crippen molar-refractivity contribution in [1.82, 2.24) is 9.21 Å². The van der Waals surface area contributed by atoms with Crippen molar-refractivity contribution in [3.05, 3.63) is 28.8 Å². The van der Waals surface area contributed by atoms with Gasteiger partial charge in [0.05, 0.1) is 4.90 Å². The van der Waals surface area contributed by atoms with E-state index in [-0.39, 0.29) is 5.91 Å². The number of amides is 1. The van der Waals surface area contributed by atoms with Crippen LogP contribution in [0.5, 0.6) is 0 Å². The van der Waals surface area contributed by atoms with Gasteiger partial charge in [0.2, 0.25) is 15.9 Å². The Balaban J connectivity index is 1.39. The number of carbonyl (C=O) groups is 1. The van der Waals surface area contributed by atoms with Crippen LogP contribution >= 0.6 is 0 Å². The monoisotopic (exact) mass is 404 g/mol. The molecule has 3 fully saturated rings. The Morgan fingerprint density at radius 1 is 1.00 bits per heavy atom. The van der Waals surface area contributed by atoms with Crippen molar-refractivity contribution >= 4 is 15.9 Å². The predicted octanol–water partition coefficient (Wildman–Crippen LogP) is 3.27. The Morgan fingerprint density at radius 3 is 2.18 bits per heavy atom. The van der Waals surface area contributed by atoms with E-state index in [9.17, 15) is 13.2 Å². The van der Waals surface area contributed by atoms with Crippen LogP contribution in [0.1, 0.15) is 48.8 Å². The van der Waals surface area contributed by atoms with E-state index < -0.39 is 10.0 Å². The number of rotatable bonds is 4. The normalized spacial score (nSPS) is 28.1. The molecule has 1 heterocycles. The van der Waals surface area contributed by atoms with Crippen molar-refractivity contribution in [1.29, 1.82) is 0 Å². The molecule has 1 aromatic rings. The minimum atomic E-state index is -3.52. The lowest BCUT2D eigenvalue weighted by Gasteiger charge is -2.35. The number of nitrogens with zero attached hydrogens (tertiary/aromatic N) is 2. The Kier molecular flexibility index (Phi) is 5.29. The number of piperazine rings is 1. The first kappa shape index (κ1) is 19.9. The molecule has 0 N–H and O–H groups in total. The van der Waals surface area contributed by atoms with E-state index in [1.165, 1.54) is 25.7 Å². The van der Waals surface area contributed by atoms with E-state index in [4.69, 9.17) is 0 Å². The maximum Gasteiger partial charge on any atom is 0.243 e. The van der Waals surface area contributed by atoms with Gasteiger partial charge in [-0.25, -0.2) is 8.42 Å². The summed E-state index contributed by atoms with van der Waals surface area (Å²) in [5.74, 6) is 2.39. The molecule has 0 aromatic heterocycles. The van der Waals surface area contributed by atoms with Gasteiger partial charge in [0.1, 0.15) is 0 Å². The lowest BCUT2D eigenvalue weighted by molar-refractivity contribution is -0.133. The number of carbonyl (C=O) groups excluding carboxylic acids is 1. The lowest BCUT2D eigenvalue weighted by atomic mass is 9.86. The van der Waals surface area contributed by atoms with E-state index in [2.05, 4.69) is 0 Å². The molecule has 28 heavy (non-hydrogen) atoms. The summed E-state index contributed by atoms with van der Waals surface area (Å²) in [6.07, 6.45) is 5.84. The van der Waals surface area contributed by atoms with E-state index >= 15 is 0 Å². The fourth-order valence-electron chi connectivity index (χ4n) is 5.86. The van der Waals surface area contributed by atoms with Crippen molar-refractivity contribution in [2.24, 2.45) is 17.8 Å². The molecule has 1 aromatic carbocycles. The van der Waals surface area contributed by atoms with Gasteiger partial charge in [-0.3, -0.25) is 4.79 Å². The fraction of sp³-hybridized carbons (Fsp3) is 0.682. The average molecular weight is 405 g/mol. The smallest absolute Gasteiger partial charge is 0.243 e. The third-order valence-corrected chi connectivity index (χ3v) is 9.32. The van der Waals surface area contributed by atoms with Crippen LogP contribution in [0.2, 0.25) is 0 Å². The van der Waals surface area contributed by atoms with Crippen molar-refractivity contribution in [3.8, 4) is 0 Å². The highest BCUT2D eigenvalue weighted by Crippen LogP contribution is 2.49. The second-order valence-electron chi connectivity index (χ2n) is 9.15. The second kappa shape index (κ2) is 7.45. The number of sulfonamides is 1. The van der Waals surface area contributed by atoms with Gasteiger partial charge in [-0.2, -0.15) is 4.31 Å². The van der Waals surface area contributed by atoms with Crippen molar-refractivity contribution in [2.75, 3.05) is 26.2 Å². The summed E-state index contributed by atoms with van der Waals surface area (Å²) in [7, 11) is -3.52. The number of hydrogen-bond donors (Lipinski definition) is 0. The van der Waals surface area contributed by atoms with Crippen LogP contribution < -0.4 is 0 Å². The highest BCUT2D eigenvalue weighted by atomic mass is 32.2. The molecule has 0 spiro atoms. The van der Waals surface area contributed by atoms with Crippen LogP contribution in [0.25, 0.3) is 0 Å². The molecule has 3 aliphatic rings. The van der Waals surface area contributed by atoms with Crippen molar-refractivity contribution < 1.29 is 13.2 Å². The molecule has 0 radical (unpaired) electrons. The topological polar surface area (TPSA) is 57.7 Å². The number of hydrogen-bond acceptors (Lipinski definition) is 3. The molecule has 5 nitrogen and oxygen atoms in total. The van der Waals surface area contributed by atoms with E-state index in [1.807, 2.05) is 37.8 Å². The molecule has 3 atom stereocenters. The average Bonchev–Trinajstić information content (AvgIpc) is 3.23. The summed E-state index contributed by atoms with van der Waals surface area (Å²) in [5.41, 5.74) is 2.67. The Hall–Kier alpha value is -1.40. The molecule has 2 saturated carbocycles. The summed E-state index contributed by atoms with van der Waals surface area (Å²) < 4.78 is 28.0. The zero-order valence-corrected chi connectivity index (χ0v) is 18.1. The molecule has 4 rings (SSSR count). The third kappa shape index (κ3) is 3.61. The Bertz CT molecular complexity index is 849. The van der Waals surface area contributed by atoms with Crippen molar-refractivity contribution in [3.63, 3.8) is 0 Å². The van der Waals surface area contributed by atoms with Crippen LogP contribution in [0, 0.1) is 38.5 Å². The standard InChI is InChI=1S/C22H32N2O3S/c1-15-10-16(2)22(17(3)11-15)28(26,27)24-8-6-23(7-9-24)21(25)14-20-13-18-4-5-19(20)12-18/h10-11,18-20H,4-9,12-14H2,1-3H3. The number of fused-ring (bicyclic) bond motifs is 2. The van der Waals surface area contributed by atoms with Gasteiger partial charge in [-0.15, -0.1) is 0 Å². The van der Waals surface area contributed by atoms with Crippen molar-refractivity contribution in [2.45, 2.75) is 57.8 Å². The third-order valence-electron chi connectivity index (χ3n) is 7.12. The van der Waals surface area contributed by atoms with Crippen LogP contribution in [0.15, 0.2) is 17.0 Å². The quantitative estimate of drug-likeness (QED) is 0.774. The molecular weight excluding hydrogens is 372 g/mol. The molecule has 1 saturated heterocycles. The molecule has 2 aliphatic carbocycles. The number of benzene rings is 1. The molecule has 1 amide bonds. The first-order valence-electron chi connectivity index (χ1n) is 10.6. The molecule has 6 heteroatoms. The SMILES string of the molecule is Cc1cc(C)c(S(=O)(=O)N2CCN(C(=O)CC3CC4CCC3C4)CC2)c(C)c1. The molecule has 2 bridgehead atoms. The molecular formula is C22H32N2O3S. The van der Waals surface area contributed by atoms with Gasteiger partial charge in [-0.1, -0.05) is 24.1 Å². The Morgan fingerprint density at radius 2 is 1.64 bits per heavy atom. The summed E-state index contributed by atoms with van der Waals surface area (Å²) in [5, 5.41) is 0. The van der Waals surface area contributed by atoms with Gasteiger partial charge in [0.25, 0.3) is 0 Å². The van der Waals surface area contributed by atoms with Crippen LogP contribution in [-0.4, -0.2) is 49.7 Å². The zero-order chi connectivity index (χ0) is 20.1. The minimum absolute atomic E-state index is 0.220. The summed E-state index contributed by atoms with van der Waals surface area (Å²) >= 11 is 0. The lowest BCUT2D eigenvalue weighted by Crippen LogP contribution is -2.51. The maximum atomic E-state index is 13.2. The van der Waals surface area contributed by atoms with E-state index in [1.54, 1.807) is 4.31 Å². The van der Waals surface area contributed by atoms with Gasteiger partial charge >= 0.3 is 0 Å². The largest absolute Gasteiger partial charge is 0.340 e. The fourth-order valence-corrected chi connectivity index (χ4v) is 7.69. The minimum Gasteiger partial charge on any atom is -0.340 e. The zero-order valence-electron chi connectivity index (χ0n) is 17.3. The predicted molar refractivity (Wildman–Crippen MR) is 110 cm³/mol.